The molecule has 6 nitrogen and oxygen atoms in total. The predicted octanol–water partition coefficient (Wildman–Crippen LogP) is 4.91. The van der Waals surface area contributed by atoms with Crippen LogP contribution in [0.4, 0.5) is 0 Å². The molecule has 33 heavy (non-hydrogen) atoms. The first-order valence-corrected chi connectivity index (χ1v) is 10.7. The van der Waals surface area contributed by atoms with E-state index in [0.717, 1.165) is 33.4 Å². The highest BCUT2D eigenvalue weighted by molar-refractivity contribution is 6.08. The Labute approximate surface area is 190 Å². The van der Waals surface area contributed by atoms with E-state index in [1.807, 2.05) is 67.7 Å². The van der Waals surface area contributed by atoms with Crippen molar-refractivity contribution in [2.45, 2.75) is 19.8 Å². The molecule has 0 atom stereocenters. The minimum atomic E-state index is 0.0180. The Morgan fingerprint density at radius 2 is 1.76 bits per heavy atom. The number of rotatable bonds is 7. The van der Waals surface area contributed by atoms with E-state index in [9.17, 15) is 9.59 Å². The number of carbonyl (C=O) groups excluding carboxylic acids is 2. The molecule has 5 aromatic rings. The number of aryl methyl sites for hydroxylation is 1. The maximum atomic E-state index is 12.9. The molecule has 0 fully saturated rings. The lowest BCUT2D eigenvalue weighted by Crippen LogP contribution is -2.05. The van der Waals surface area contributed by atoms with Gasteiger partial charge < -0.3 is 4.98 Å². The van der Waals surface area contributed by atoms with Crippen molar-refractivity contribution in [2.24, 2.45) is 0 Å². The number of fused-ring (bicyclic) bond motifs is 1. The third-order valence-corrected chi connectivity index (χ3v) is 5.66. The number of Topliss-reactive ketones (excluding diaryl/α,β-unsaturated/α-hetero) is 2. The zero-order valence-electron chi connectivity index (χ0n) is 18.2. The zero-order chi connectivity index (χ0) is 22.8. The Hall–Kier alpha value is -4.32. The first-order valence-electron chi connectivity index (χ1n) is 10.7. The van der Waals surface area contributed by atoms with Gasteiger partial charge in [-0.2, -0.15) is 5.10 Å². The van der Waals surface area contributed by atoms with Crippen LogP contribution in [0.3, 0.4) is 0 Å². The predicted molar refractivity (Wildman–Crippen MR) is 127 cm³/mol. The molecule has 3 heterocycles. The second-order valence-corrected chi connectivity index (χ2v) is 8.10. The van der Waals surface area contributed by atoms with Gasteiger partial charge in [0.25, 0.3) is 0 Å². The lowest BCUT2D eigenvalue weighted by atomic mass is 10.0. The minimum Gasteiger partial charge on any atom is -0.360 e. The van der Waals surface area contributed by atoms with Crippen LogP contribution in [0.1, 0.15) is 37.5 Å². The number of para-hydroxylation sites is 1. The van der Waals surface area contributed by atoms with E-state index in [0.29, 0.717) is 17.5 Å². The fourth-order valence-corrected chi connectivity index (χ4v) is 3.89. The van der Waals surface area contributed by atoms with Crippen LogP contribution in [-0.4, -0.2) is 31.3 Å². The summed E-state index contributed by atoms with van der Waals surface area (Å²) >= 11 is 0. The maximum absolute atomic E-state index is 12.9. The van der Waals surface area contributed by atoms with Gasteiger partial charge in [-0.1, -0.05) is 36.4 Å². The number of hydrogen-bond donors (Lipinski definition) is 1. The topological polar surface area (TPSA) is 80.6 Å². The van der Waals surface area contributed by atoms with Crippen molar-refractivity contribution in [3.63, 3.8) is 0 Å². The molecule has 5 rings (SSSR count). The van der Waals surface area contributed by atoms with Gasteiger partial charge in [0.05, 0.1) is 11.9 Å². The number of benzene rings is 2. The lowest BCUT2D eigenvalue weighted by Gasteiger charge is -2.05. The van der Waals surface area contributed by atoms with Gasteiger partial charge >= 0.3 is 0 Å². The first kappa shape index (κ1) is 20.6. The van der Waals surface area contributed by atoms with Crippen LogP contribution in [0.15, 0.2) is 85.5 Å². The Bertz CT molecular complexity index is 1460. The number of carbonyl (C=O) groups is 2. The molecule has 1 N–H and O–H groups in total. The van der Waals surface area contributed by atoms with E-state index < -0.39 is 0 Å². The smallest absolute Gasteiger partial charge is 0.169 e. The van der Waals surface area contributed by atoms with Crippen LogP contribution in [-0.2, 0) is 12.8 Å². The van der Waals surface area contributed by atoms with E-state index in [2.05, 4.69) is 15.1 Å². The third kappa shape index (κ3) is 4.36. The number of aromatic nitrogens is 4. The van der Waals surface area contributed by atoms with Gasteiger partial charge in [0.2, 0.25) is 0 Å². The summed E-state index contributed by atoms with van der Waals surface area (Å²) in [6.45, 7) is 1.92. The molecule has 162 valence electrons. The summed E-state index contributed by atoms with van der Waals surface area (Å²) in [4.78, 5) is 33.0. The molecule has 0 amide bonds. The molecule has 0 saturated carbocycles. The lowest BCUT2D eigenvalue weighted by molar-refractivity contribution is 0.0985. The number of H-pyrrole nitrogens is 1. The summed E-state index contributed by atoms with van der Waals surface area (Å²) in [6.07, 6.45) is 7.57. The van der Waals surface area contributed by atoms with Crippen LogP contribution in [0.2, 0.25) is 0 Å². The minimum absolute atomic E-state index is 0.0180. The van der Waals surface area contributed by atoms with Gasteiger partial charge in [-0.25, -0.2) is 4.68 Å². The monoisotopic (exact) mass is 434 g/mol. The summed E-state index contributed by atoms with van der Waals surface area (Å²) < 4.78 is 1.70. The number of nitrogens with one attached hydrogen (secondary N) is 1. The average Bonchev–Trinajstić information content (AvgIpc) is 3.48. The molecule has 0 radical (unpaired) electrons. The fourth-order valence-electron chi connectivity index (χ4n) is 3.89. The van der Waals surface area contributed by atoms with E-state index >= 15 is 0 Å². The summed E-state index contributed by atoms with van der Waals surface area (Å²) in [5, 5.41) is 5.33. The Balaban J connectivity index is 1.32. The van der Waals surface area contributed by atoms with Crippen LogP contribution in [0.25, 0.3) is 16.6 Å². The number of ketones is 2. The highest BCUT2D eigenvalue weighted by Gasteiger charge is 2.14. The molecule has 0 aliphatic carbocycles. The summed E-state index contributed by atoms with van der Waals surface area (Å²) in [6, 6.07) is 18.9. The molecule has 0 aliphatic heterocycles. The molecule has 2 aromatic carbocycles. The molecule has 0 aliphatic rings. The summed E-state index contributed by atoms with van der Waals surface area (Å²) in [7, 11) is 0. The van der Waals surface area contributed by atoms with Crippen LogP contribution in [0, 0.1) is 6.92 Å². The molecular weight excluding hydrogens is 412 g/mol. The van der Waals surface area contributed by atoms with E-state index in [4.69, 9.17) is 0 Å². The second kappa shape index (κ2) is 8.67. The molecule has 0 spiro atoms. The summed E-state index contributed by atoms with van der Waals surface area (Å²) in [5.74, 6) is 0.0482. The van der Waals surface area contributed by atoms with Crippen molar-refractivity contribution < 1.29 is 9.59 Å². The zero-order valence-corrected chi connectivity index (χ0v) is 18.2. The summed E-state index contributed by atoms with van der Waals surface area (Å²) in [5.41, 5.74) is 5.62. The molecule has 0 bridgehead atoms. The Kier molecular flexibility index (Phi) is 5.40. The number of pyridine rings is 1. The number of hydrogen-bond acceptors (Lipinski definition) is 4. The van der Waals surface area contributed by atoms with Crippen LogP contribution < -0.4 is 0 Å². The molecule has 3 aromatic heterocycles. The maximum Gasteiger partial charge on any atom is 0.169 e. The van der Waals surface area contributed by atoms with Gasteiger partial charge in [-0.15, -0.1) is 0 Å². The van der Waals surface area contributed by atoms with Gasteiger partial charge in [0.1, 0.15) is 0 Å². The van der Waals surface area contributed by atoms with E-state index in [1.54, 1.807) is 29.3 Å². The van der Waals surface area contributed by atoms with Crippen molar-refractivity contribution in [3.8, 4) is 5.69 Å². The first-order chi connectivity index (χ1) is 16.1. The van der Waals surface area contributed by atoms with E-state index in [-0.39, 0.29) is 18.0 Å². The average molecular weight is 434 g/mol. The second-order valence-electron chi connectivity index (χ2n) is 8.10. The highest BCUT2D eigenvalue weighted by Crippen LogP contribution is 2.20. The molecule has 0 saturated heterocycles. The molecule has 6 heteroatoms. The quantitative estimate of drug-likeness (QED) is 0.369. The number of nitrogens with zero attached hydrogens (tertiary/aromatic N) is 3. The van der Waals surface area contributed by atoms with Gasteiger partial charge in [-0.05, 0) is 42.3 Å². The van der Waals surface area contributed by atoms with Crippen molar-refractivity contribution in [1.82, 2.24) is 19.7 Å². The Morgan fingerprint density at radius 1 is 0.909 bits per heavy atom. The molecular formula is C27H22N4O2. The normalized spacial score (nSPS) is 11.1. The SMILES string of the molecule is Cc1ccc(CC(=O)c2cccc(-n3cc(CC(=O)c4c[nH]c5ccccc45)cn3)c2)cn1. The van der Waals surface area contributed by atoms with Crippen LogP contribution in [0.5, 0.6) is 0 Å². The largest absolute Gasteiger partial charge is 0.360 e. The van der Waals surface area contributed by atoms with Gasteiger partial charge in [-0.3, -0.25) is 14.6 Å². The van der Waals surface area contributed by atoms with E-state index in [1.165, 1.54) is 0 Å². The fraction of sp³-hybridized carbons (Fsp3) is 0.111. The number of aromatic amines is 1. The van der Waals surface area contributed by atoms with Gasteiger partial charge in [0, 0.05) is 59.2 Å². The van der Waals surface area contributed by atoms with Crippen molar-refractivity contribution in [3.05, 3.63) is 113 Å². The van der Waals surface area contributed by atoms with Crippen molar-refractivity contribution >= 4 is 22.5 Å². The molecule has 0 unspecified atom stereocenters. The highest BCUT2D eigenvalue weighted by atomic mass is 16.1. The standard InChI is InChI=1S/C27H22N4O2/c1-18-9-10-19(14-28-18)11-26(32)21-5-4-6-22(13-21)31-17-20(15-30-31)12-27(33)24-16-29-25-8-3-2-7-23(24)25/h2-10,13-17,29H,11-12H2,1H3. The van der Waals surface area contributed by atoms with Crippen LogP contribution >= 0.6 is 0 Å². The third-order valence-electron chi connectivity index (χ3n) is 5.66. The van der Waals surface area contributed by atoms with Gasteiger partial charge in [0.15, 0.2) is 11.6 Å². The van der Waals surface area contributed by atoms with Crippen molar-refractivity contribution in [2.75, 3.05) is 0 Å². The Morgan fingerprint density at radius 3 is 2.61 bits per heavy atom. The van der Waals surface area contributed by atoms with Crippen molar-refractivity contribution in [1.29, 1.82) is 0 Å².